The summed E-state index contributed by atoms with van der Waals surface area (Å²) in [7, 11) is 0. The van der Waals surface area contributed by atoms with Crippen LogP contribution in [0, 0.1) is 6.92 Å². The number of nitrogens with zero attached hydrogens (tertiary/aromatic N) is 3. The molecule has 5 aromatic carbocycles. The summed E-state index contributed by atoms with van der Waals surface area (Å²) in [6.45, 7) is 6.41. The fourth-order valence-corrected chi connectivity index (χ4v) is 9.18. The zero-order chi connectivity index (χ0) is 35.9. The molecule has 0 radical (unpaired) electrons. The van der Waals surface area contributed by atoms with Gasteiger partial charge < -0.3 is 9.88 Å². The van der Waals surface area contributed by atoms with E-state index in [1.807, 2.05) is 11.8 Å². The van der Waals surface area contributed by atoms with Gasteiger partial charge in [0.25, 0.3) is 0 Å². The van der Waals surface area contributed by atoms with E-state index in [2.05, 4.69) is 182 Å². The number of fused-ring (bicyclic) bond motifs is 6. The smallest absolute Gasteiger partial charge is 0.228 e. The number of nitrogens with one attached hydrogen (secondary N) is 1. The Labute approximate surface area is 315 Å². The molecule has 9 rings (SSSR count). The van der Waals surface area contributed by atoms with Crippen LogP contribution in [0.15, 0.2) is 144 Å². The largest absolute Gasteiger partial charge is 0.322 e. The highest BCUT2D eigenvalue weighted by molar-refractivity contribution is 7.98. The van der Waals surface area contributed by atoms with Crippen LogP contribution in [-0.4, -0.2) is 14.5 Å². The Morgan fingerprint density at radius 1 is 0.811 bits per heavy atom. The first kappa shape index (κ1) is 33.0. The molecule has 0 amide bonds. The number of aromatic nitrogens is 3. The molecule has 53 heavy (non-hydrogen) atoms. The molecule has 1 aliphatic carbocycles. The van der Waals surface area contributed by atoms with Crippen LogP contribution in [0.2, 0.25) is 0 Å². The highest BCUT2D eigenvalue weighted by atomic mass is 32.2. The van der Waals surface area contributed by atoms with Crippen LogP contribution in [0.25, 0.3) is 61.9 Å². The molecule has 2 aliphatic rings. The van der Waals surface area contributed by atoms with Crippen molar-refractivity contribution in [3.63, 3.8) is 0 Å². The summed E-state index contributed by atoms with van der Waals surface area (Å²) in [5.74, 6) is 1.75. The Morgan fingerprint density at radius 2 is 1.60 bits per heavy atom. The van der Waals surface area contributed by atoms with Crippen LogP contribution < -0.4 is 5.32 Å². The van der Waals surface area contributed by atoms with E-state index in [1.54, 1.807) is 0 Å². The first-order valence-electron chi connectivity index (χ1n) is 18.4. The molecular weight excluding hydrogens is 665 g/mol. The summed E-state index contributed by atoms with van der Waals surface area (Å²) in [5.41, 5.74) is 13.4. The summed E-state index contributed by atoms with van der Waals surface area (Å²) in [4.78, 5) is 11.8. The molecule has 5 heteroatoms. The van der Waals surface area contributed by atoms with Crippen molar-refractivity contribution in [1.82, 2.24) is 14.5 Å². The molecule has 0 saturated heterocycles. The monoisotopic (exact) mass is 704 g/mol. The van der Waals surface area contributed by atoms with Crippen LogP contribution in [0.3, 0.4) is 0 Å². The third kappa shape index (κ3) is 5.73. The van der Waals surface area contributed by atoms with E-state index in [9.17, 15) is 0 Å². The lowest BCUT2D eigenvalue weighted by Gasteiger charge is -2.23. The third-order valence-corrected chi connectivity index (χ3v) is 11.6. The highest BCUT2D eigenvalue weighted by Crippen LogP contribution is 2.48. The summed E-state index contributed by atoms with van der Waals surface area (Å²) < 4.78 is 2.45. The lowest BCUT2D eigenvalue weighted by atomic mass is 9.91. The second-order valence-corrected chi connectivity index (χ2v) is 14.7. The molecule has 1 unspecified atom stereocenters. The van der Waals surface area contributed by atoms with Crippen molar-refractivity contribution in [2.45, 2.75) is 43.8 Å². The van der Waals surface area contributed by atoms with E-state index in [4.69, 9.17) is 9.97 Å². The second kappa shape index (κ2) is 13.9. The Hall–Kier alpha value is -5.91. The lowest BCUT2D eigenvalue weighted by molar-refractivity contribution is 0.851. The molecule has 0 saturated carbocycles. The normalized spacial score (nSPS) is 15.1. The minimum atomic E-state index is 0.338. The van der Waals surface area contributed by atoms with E-state index < -0.39 is 0 Å². The maximum atomic E-state index is 5.35. The van der Waals surface area contributed by atoms with Crippen molar-refractivity contribution in [3.05, 3.63) is 168 Å². The van der Waals surface area contributed by atoms with Gasteiger partial charge in [0.05, 0.1) is 22.6 Å². The molecule has 1 N–H and O–H groups in total. The standard InChI is InChI=1S/C48H40N4S/c1-4-17-36-31(3)52(35-24-16-23-34(29-35)32-19-8-6-9-20-32)47-44(36)38-26-13-12-25-37(38)43(33-21-10-7-11-22-33)46(47)51-48-49-41(18-5-2)40-30-53-42-28-15-14-27-39(42)45(40)50-48/h4-19,21-29,32H,20,30H2,1-3H3,(H,49,50,51)/b17-4-,18-5-. The van der Waals surface area contributed by atoms with E-state index in [-0.39, 0.29) is 0 Å². The maximum absolute atomic E-state index is 5.35. The van der Waals surface area contributed by atoms with Gasteiger partial charge in [0, 0.05) is 55.6 Å². The fourth-order valence-electron chi connectivity index (χ4n) is 8.10. The summed E-state index contributed by atoms with van der Waals surface area (Å²) >= 11 is 1.85. The number of thioether (sulfide) groups is 1. The molecule has 7 aromatic rings. The van der Waals surface area contributed by atoms with Crippen LogP contribution >= 0.6 is 11.8 Å². The van der Waals surface area contributed by atoms with Gasteiger partial charge in [-0.3, -0.25) is 0 Å². The molecule has 3 heterocycles. The van der Waals surface area contributed by atoms with Gasteiger partial charge in [-0.1, -0.05) is 127 Å². The van der Waals surface area contributed by atoms with Gasteiger partial charge in [-0.15, -0.1) is 11.8 Å². The van der Waals surface area contributed by atoms with Crippen molar-refractivity contribution in [2.75, 3.05) is 5.32 Å². The quantitative estimate of drug-likeness (QED) is 0.179. The Morgan fingerprint density at radius 3 is 2.42 bits per heavy atom. The Bertz CT molecular complexity index is 2660. The number of benzene rings is 5. The van der Waals surface area contributed by atoms with Crippen molar-refractivity contribution >= 4 is 57.2 Å². The number of hydrogen-bond acceptors (Lipinski definition) is 4. The van der Waals surface area contributed by atoms with Crippen molar-refractivity contribution in [2.24, 2.45) is 0 Å². The SMILES string of the molecule is C/C=C\c1nc(Nc2c(-c3ccccc3)c3ccccc3c3c(/C=C\C)c(C)n(-c4cccc(C5C=CC=CC5)c4)c23)nc2c1CSc1ccccc1-2. The predicted octanol–water partition coefficient (Wildman–Crippen LogP) is 13.2. The molecule has 1 atom stereocenters. The summed E-state index contributed by atoms with van der Waals surface area (Å²) in [6.07, 6.45) is 18.5. The lowest BCUT2D eigenvalue weighted by Crippen LogP contribution is -2.09. The zero-order valence-electron chi connectivity index (χ0n) is 30.2. The molecule has 4 nitrogen and oxygen atoms in total. The first-order chi connectivity index (χ1) is 26.1. The van der Waals surface area contributed by atoms with Crippen LogP contribution in [0.5, 0.6) is 0 Å². The molecule has 0 bridgehead atoms. The van der Waals surface area contributed by atoms with E-state index in [0.29, 0.717) is 11.9 Å². The van der Waals surface area contributed by atoms with E-state index in [1.165, 1.54) is 43.4 Å². The first-order valence-corrected chi connectivity index (χ1v) is 19.4. The van der Waals surface area contributed by atoms with Crippen molar-refractivity contribution in [3.8, 4) is 28.1 Å². The molecule has 0 fully saturated rings. The van der Waals surface area contributed by atoms with Crippen LogP contribution in [0.1, 0.15) is 54.3 Å². The fraction of sp³-hybridized carbons (Fsp3) is 0.125. The van der Waals surface area contributed by atoms with Gasteiger partial charge in [-0.25, -0.2) is 9.97 Å². The maximum Gasteiger partial charge on any atom is 0.228 e. The van der Waals surface area contributed by atoms with Crippen LogP contribution in [-0.2, 0) is 5.75 Å². The van der Waals surface area contributed by atoms with Crippen molar-refractivity contribution < 1.29 is 0 Å². The third-order valence-electron chi connectivity index (χ3n) is 10.5. The van der Waals surface area contributed by atoms with Crippen molar-refractivity contribution in [1.29, 1.82) is 0 Å². The molecular formula is C48H40N4S. The number of anilines is 2. The molecule has 258 valence electrons. The Kier molecular flexibility index (Phi) is 8.65. The minimum Gasteiger partial charge on any atom is -0.322 e. The minimum absolute atomic E-state index is 0.338. The van der Waals surface area contributed by atoms with Gasteiger partial charge in [0.1, 0.15) is 0 Å². The van der Waals surface area contributed by atoms with Gasteiger partial charge >= 0.3 is 0 Å². The average molecular weight is 705 g/mol. The van der Waals surface area contributed by atoms with Gasteiger partial charge in [0.2, 0.25) is 5.95 Å². The molecule has 1 aliphatic heterocycles. The summed E-state index contributed by atoms with van der Waals surface area (Å²) in [5, 5.41) is 7.53. The number of hydrogen-bond donors (Lipinski definition) is 1. The van der Waals surface area contributed by atoms with Gasteiger partial charge in [-0.2, -0.15) is 0 Å². The Balaban J connectivity index is 1.39. The predicted molar refractivity (Wildman–Crippen MR) is 226 cm³/mol. The summed E-state index contributed by atoms with van der Waals surface area (Å²) in [6, 6.07) is 37.2. The average Bonchev–Trinajstić information content (AvgIpc) is 3.50. The number of rotatable bonds is 7. The zero-order valence-corrected chi connectivity index (χ0v) is 31.0. The van der Waals surface area contributed by atoms with Crippen LogP contribution in [0.4, 0.5) is 11.6 Å². The highest BCUT2D eigenvalue weighted by Gasteiger charge is 2.27. The second-order valence-electron chi connectivity index (χ2n) is 13.6. The topological polar surface area (TPSA) is 42.7 Å². The molecule has 2 aromatic heterocycles. The number of allylic oxidation sites excluding steroid dienone is 6. The van der Waals surface area contributed by atoms with Gasteiger partial charge in [-0.05, 0) is 73.4 Å². The van der Waals surface area contributed by atoms with E-state index in [0.717, 1.165) is 57.1 Å². The van der Waals surface area contributed by atoms with Gasteiger partial charge in [0.15, 0.2) is 0 Å². The van der Waals surface area contributed by atoms with E-state index >= 15 is 0 Å². The molecule has 0 spiro atoms.